The van der Waals surface area contributed by atoms with Gasteiger partial charge in [0.15, 0.2) is 5.90 Å². The zero-order valence-corrected chi connectivity index (χ0v) is 19.5. The van der Waals surface area contributed by atoms with Crippen molar-refractivity contribution in [2.45, 2.75) is 45.8 Å². The second-order valence-corrected chi connectivity index (χ2v) is 8.56. The van der Waals surface area contributed by atoms with Crippen LogP contribution in [0.3, 0.4) is 0 Å². The van der Waals surface area contributed by atoms with Crippen molar-refractivity contribution in [3.05, 3.63) is 61.3 Å². The van der Waals surface area contributed by atoms with E-state index in [1.165, 1.54) is 9.13 Å². The lowest BCUT2D eigenvalue weighted by Crippen LogP contribution is -2.43. The highest BCUT2D eigenvalue weighted by Crippen LogP contribution is 2.28. The summed E-state index contributed by atoms with van der Waals surface area (Å²) in [5.74, 6) is 0.647. The van der Waals surface area contributed by atoms with E-state index in [1.807, 2.05) is 38.1 Å². The van der Waals surface area contributed by atoms with Gasteiger partial charge in [0.1, 0.15) is 12.4 Å². The maximum absolute atomic E-state index is 13.1. The average Bonchev–Trinajstić information content (AvgIpc) is 2.77. The summed E-state index contributed by atoms with van der Waals surface area (Å²) in [6, 6.07) is 7.54. The van der Waals surface area contributed by atoms with Crippen LogP contribution < -0.4 is 11.2 Å². The quantitative estimate of drug-likeness (QED) is 0.576. The number of benzene rings is 1. The van der Waals surface area contributed by atoms with Gasteiger partial charge in [-0.1, -0.05) is 23.7 Å². The van der Waals surface area contributed by atoms with Crippen LogP contribution in [0, 0.1) is 5.92 Å². The average molecular weight is 464 g/mol. The molecule has 0 fully saturated rings. The fourth-order valence-electron chi connectivity index (χ4n) is 3.74. The van der Waals surface area contributed by atoms with Gasteiger partial charge in [-0.2, -0.15) is 4.99 Å². The van der Waals surface area contributed by atoms with E-state index in [1.54, 1.807) is 7.05 Å². The summed E-state index contributed by atoms with van der Waals surface area (Å²) >= 11 is 6.02. The van der Waals surface area contributed by atoms with Crippen molar-refractivity contribution in [1.82, 2.24) is 9.13 Å². The van der Waals surface area contributed by atoms with E-state index < -0.39 is 5.69 Å². The molecule has 1 aromatic heterocycles. The van der Waals surface area contributed by atoms with E-state index in [4.69, 9.17) is 26.2 Å². The first kappa shape index (κ1) is 24.2. The van der Waals surface area contributed by atoms with Crippen LogP contribution in [0.5, 0.6) is 0 Å². The molecule has 3 rings (SSSR count). The van der Waals surface area contributed by atoms with Gasteiger partial charge in [-0.15, -0.1) is 0 Å². The van der Waals surface area contributed by atoms with Crippen LogP contribution in [-0.2, 0) is 35.9 Å². The second-order valence-electron chi connectivity index (χ2n) is 8.13. The molecule has 2 heterocycles. The number of aromatic nitrogens is 2. The lowest BCUT2D eigenvalue weighted by molar-refractivity contribution is 0.0507. The van der Waals surface area contributed by atoms with E-state index in [0.717, 1.165) is 5.56 Å². The molecule has 9 heteroatoms. The Morgan fingerprint density at radius 1 is 1.22 bits per heavy atom. The molecule has 0 aliphatic carbocycles. The molecule has 0 bridgehead atoms. The van der Waals surface area contributed by atoms with Gasteiger partial charge in [0.2, 0.25) is 0 Å². The Morgan fingerprint density at radius 3 is 2.59 bits per heavy atom. The molecule has 0 radical (unpaired) electrons. The number of fused-ring (bicyclic) bond motifs is 1. The number of ether oxygens (including phenoxy) is 2. The van der Waals surface area contributed by atoms with Crippen LogP contribution in [0.25, 0.3) is 0 Å². The Hall–Kier alpha value is -2.42. The molecule has 1 N–H and O–H groups in total. The summed E-state index contributed by atoms with van der Waals surface area (Å²) in [6.07, 6.45) is 1.43. The Balaban J connectivity index is 1.96. The van der Waals surface area contributed by atoms with Crippen molar-refractivity contribution in [2.75, 3.05) is 19.8 Å². The van der Waals surface area contributed by atoms with Crippen molar-refractivity contribution in [1.29, 1.82) is 0 Å². The predicted octanol–water partition coefficient (Wildman–Crippen LogP) is 2.47. The molecule has 1 aliphatic heterocycles. The van der Waals surface area contributed by atoms with Gasteiger partial charge in [-0.05, 0) is 50.8 Å². The molecule has 0 spiro atoms. The molecule has 174 valence electrons. The van der Waals surface area contributed by atoms with Crippen LogP contribution >= 0.6 is 11.6 Å². The molecule has 8 nitrogen and oxygen atoms in total. The number of hydrogen-bond donors (Lipinski definition) is 1. The van der Waals surface area contributed by atoms with Gasteiger partial charge in [-0.3, -0.25) is 13.9 Å². The molecule has 2 aromatic rings. The number of aliphatic hydroxyl groups is 1. The van der Waals surface area contributed by atoms with Crippen molar-refractivity contribution in [2.24, 2.45) is 18.0 Å². The maximum atomic E-state index is 13.1. The summed E-state index contributed by atoms with van der Waals surface area (Å²) in [7, 11) is 1.60. The number of rotatable bonds is 9. The van der Waals surface area contributed by atoms with Crippen LogP contribution in [0.1, 0.15) is 31.4 Å². The third kappa shape index (κ3) is 5.68. The highest BCUT2D eigenvalue weighted by Gasteiger charge is 2.30. The summed E-state index contributed by atoms with van der Waals surface area (Å²) in [5.41, 5.74) is 0.714. The van der Waals surface area contributed by atoms with Gasteiger partial charge in [-0.25, -0.2) is 4.79 Å². The monoisotopic (exact) mass is 463 g/mol. The SMILES string of the molecule is CC(C)OCCOC1=Nc2c(c(=O)n(CCCO)c(=O)n2C)CC1Cc1ccc(Cl)cc1. The smallest absolute Gasteiger partial charge is 0.332 e. The summed E-state index contributed by atoms with van der Waals surface area (Å²) in [5, 5.41) is 9.79. The molecule has 0 saturated heterocycles. The van der Waals surface area contributed by atoms with Crippen LogP contribution in [0.2, 0.25) is 5.02 Å². The Bertz CT molecular complexity index is 1070. The zero-order valence-electron chi connectivity index (χ0n) is 18.7. The third-order valence-electron chi connectivity index (χ3n) is 5.34. The van der Waals surface area contributed by atoms with Crippen LogP contribution in [0.15, 0.2) is 38.8 Å². The second kappa shape index (κ2) is 10.9. The highest BCUT2D eigenvalue weighted by molar-refractivity contribution is 6.30. The van der Waals surface area contributed by atoms with Crippen molar-refractivity contribution in [3.8, 4) is 0 Å². The molecule has 1 aliphatic rings. The lowest BCUT2D eigenvalue weighted by Gasteiger charge is -2.26. The van der Waals surface area contributed by atoms with Gasteiger partial charge < -0.3 is 14.6 Å². The third-order valence-corrected chi connectivity index (χ3v) is 5.60. The standard InChI is InChI=1S/C23H30ClN3O5/c1-15(2)31-11-12-32-21-17(13-16-5-7-18(24)8-6-16)14-19-20(25-21)26(3)23(30)27(22(19)29)9-4-10-28/h5-8,15,17,28H,4,9-14H2,1-3H3. The number of aliphatic imine (C=N–C) groups is 1. The predicted molar refractivity (Wildman–Crippen MR) is 124 cm³/mol. The van der Waals surface area contributed by atoms with E-state index in [0.29, 0.717) is 54.8 Å². The number of aliphatic hydroxyl groups excluding tert-OH is 1. The largest absolute Gasteiger partial charge is 0.478 e. The Morgan fingerprint density at radius 2 is 1.94 bits per heavy atom. The maximum Gasteiger partial charge on any atom is 0.332 e. The molecule has 1 aromatic carbocycles. The van der Waals surface area contributed by atoms with E-state index in [2.05, 4.69) is 4.99 Å². The van der Waals surface area contributed by atoms with Gasteiger partial charge in [0, 0.05) is 31.1 Å². The summed E-state index contributed by atoms with van der Waals surface area (Å²) in [4.78, 5) is 30.4. The van der Waals surface area contributed by atoms with Crippen LogP contribution in [0.4, 0.5) is 5.82 Å². The van der Waals surface area contributed by atoms with E-state index >= 15 is 0 Å². The summed E-state index contributed by atoms with van der Waals surface area (Å²) in [6.45, 7) is 4.71. The first-order chi connectivity index (χ1) is 15.3. The first-order valence-corrected chi connectivity index (χ1v) is 11.2. The minimum atomic E-state index is -0.454. The van der Waals surface area contributed by atoms with Gasteiger partial charge in [0.25, 0.3) is 5.56 Å². The molecule has 1 atom stereocenters. The first-order valence-electron chi connectivity index (χ1n) is 10.8. The topological polar surface area (TPSA) is 95.1 Å². The zero-order chi connectivity index (χ0) is 23.3. The highest BCUT2D eigenvalue weighted by atomic mass is 35.5. The minimum Gasteiger partial charge on any atom is -0.478 e. The van der Waals surface area contributed by atoms with Gasteiger partial charge in [0.05, 0.1) is 18.3 Å². The van der Waals surface area contributed by atoms with Crippen molar-refractivity contribution in [3.63, 3.8) is 0 Å². The molecule has 0 amide bonds. The fourth-order valence-corrected chi connectivity index (χ4v) is 3.87. The van der Waals surface area contributed by atoms with Crippen molar-refractivity contribution >= 4 is 23.3 Å². The van der Waals surface area contributed by atoms with Gasteiger partial charge >= 0.3 is 5.69 Å². The fraction of sp³-hybridized carbons (Fsp3) is 0.522. The number of hydrogen-bond acceptors (Lipinski definition) is 6. The molecule has 32 heavy (non-hydrogen) atoms. The lowest BCUT2D eigenvalue weighted by atomic mass is 9.91. The molecule has 0 saturated carbocycles. The van der Waals surface area contributed by atoms with E-state index in [9.17, 15) is 9.59 Å². The minimum absolute atomic E-state index is 0.0932. The number of nitrogens with zero attached hydrogens (tertiary/aromatic N) is 3. The molecular weight excluding hydrogens is 434 g/mol. The van der Waals surface area contributed by atoms with Crippen molar-refractivity contribution < 1.29 is 14.6 Å². The molecule has 1 unspecified atom stereocenters. The Labute approximate surface area is 192 Å². The molecular formula is C23H30ClN3O5. The number of halogens is 1. The van der Waals surface area contributed by atoms with Crippen LogP contribution in [-0.4, -0.2) is 46.1 Å². The normalized spacial score (nSPS) is 15.6. The summed E-state index contributed by atoms with van der Waals surface area (Å²) < 4.78 is 14.1. The Kier molecular flexibility index (Phi) is 8.28. The van der Waals surface area contributed by atoms with E-state index in [-0.39, 0.29) is 30.7 Å².